The summed E-state index contributed by atoms with van der Waals surface area (Å²) in [5.41, 5.74) is 8.70. The van der Waals surface area contributed by atoms with Crippen molar-refractivity contribution in [3.63, 3.8) is 0 Å². The molecule has 2 heterocycles. The van der Waals surface area contributed by atoms with Gasteiger partial charge >= 0.3 is 0 Å². The number of nitrogens with zero attached hydrogens (tertiary/aromatic N) is 2. The Kier molecular flexibility index (Phi) is 3.88. The molecule has 0 atom stereocenters. The normalized spacial score (nSPS) is 10.3. The van der Waals surface area contributed by atoms with E-state index in [1.807, 2.05) is 12.4 Å². The molecule has 2 aromatic rings. The maximum atomic E-state index is 7.41. The van der Waals surface area contributed by atoms with Crippen LogP contribution in [0.2, 0.25) is 0 Å². The van der Waals surface area contributed by atoms with Gasteiger partial charge < -0.3 is 10.5 Å². The standard InChI is InChI=1S/C12H14N4OS/c1-8-10(18-7-16-8)4-6-17-9-3-2-5-15-11(9)12(13)14/h2-3,5,7H,4,6H2,1H3,(H3,13,14). The number of hydrogen-bond donors (Lipinski definition) is 2. The van der Waals surface area contributed by atoms with Gasteiger partial charge in [-0.25, -0.2) is 9.97 Å². The summed E-state index contributed by atoms with van der Waals surface area (Å²) < 4.78 is 5.62. The molecule has 0 spiro atoms. The van der Waals surface area contributed by atoms with E-state index in [1.54, 1.807) is 29.7 Å². The third-order valence-corrected chi connectivity index (χ3v) is 3.45. The minimum absolute atomic E-state index is 0.0837. The highest BCUT2D eigenvalue weighted by atomic mass is 32.1. The molecule has 0 radical (unpaired) electrons. The zero-order chi connectivity index (χ0) is 13.0. The van der Waals surface area contributed by atoms with E-state index in [9.17, 15) is 0 Å². The quantitative estimate of drug-likeness (QED) is 0.635. The summed E-state index contributed by atoms with van der Waals surface area (Å²) in [6, 6.07) is 3.53. The average Bonchev–Trinajstić information content (AvgIpc) is 2.76. The molecule has 18 heavy (non-hydrogen) atoms. The van der Waals surface area contributed by atoms with E-state index in [4.69, 9.17) is 15.9 Å². The second-order valence-electron chi connectivity index (χ2n) is 3.72. The maximum absolute atomic E-state index is 7.41. The molecular formula is C12H14N4OS. The molecule has 94 valence electrons. The Balaban J connectivity index is 1.99. The molecule has 0 aliphatic heterocycles. The van der Waals surface area contributed by atoms with Crippen molar-refractivity contribution in [2.45, 2.75) is 13.3 Å². The van der Waals surface area contributed by atoms with Crippen LogP contribution < -0.4 is 10.5 Å². The number of aryl methyl sites for hydroxylation is 1. The van der Waals surface area contributed by atoms with Gasteiger partial charge in [-0.05, 0) is 19.1 Å². The molecule has 0 bridgehead atoms. The predicted octanol–water partition coefficient (Wildman–Crippen LogP) is 1.75. The van der Waals surface area contributed by atoms with Crippen molar-refractivity contribution in [2.24, 2.45) is 5.73 Å². The fourth-order valence-corrected chi connectivity index (χ4v) is 2.29. The molecule has 0 saturated carbocycles. The van der Waals surface area contributed by atoms with Crippen molar-refractivity contribution in [3.05, 3.63) is 40.1 Å². The lowest BCUT2D eigenvalue weighted by atomic mass is 10.3. The van der Waals surface area contributed by atoms with Crippen molar-refractivity contribution >= 4 is 17.2 Å². The highest BCUT2D eigenvalue weighted by molar-refractivity contribution is 7.09. The number of rotatable bonds is 5. The largest absolute Gasteiger partial charge is 0.491 e. The van der Waals surface area contributed by atoms with Gasteiger partial charge in [0.1, 0.15) is 17.3 Å². The van der Waals surface area contributed by atoms with Crippen LogP contribution in [0.25, 0.3) is 0 Å². The summed E-state index contributed by atoms with van der Waals surface area (Å²) in [6.45, 7) is 2.51. The summed E-state index contributed by atoms with van der Waals surface area (Å²) in [4.78, 5) is 9.42. The molecule has 0 aromatic carbocycles. The molecule has 6 heteroatoms. The first-order valence-corrected chi connectivity index (χ1v) is 6.37. The SMILES string of the molecule is Cc1ncsc1CCOc1cccnc1C(=N)N. The Morgan fingerprint density at radius 2 is 2.33 bits per heavy atom. The van der Waals surface area contributed by atoms with Gasteiger partial charge in [-0.2, -0.15) is 0 Å². The monoisotopic (exact) mass is 262 g/mol. The van der Waals surface area contributed by atoms with Crippen molar-refractivity contribution in [2.75, 3.05) is 6.61 Å². The topological polar surface area (TPSA) is 84.9 Å². The number of thiazole rings is 1. The van der Waals surface area contributed by atoms with Crippen LogP contribution in [0.1, 0.15) is 16.3 Å². The molecule has 2 aromatic heterocycles. The number of ether oxygens (including phenoxy) is 1. The van der Waals surface area contributed by atoms with Gasteiger partial charge in [-0.15, -0.1) is 11.3 Å². The van der Waals surface area contributed by atoms with E-state index in [0.717, 1.165) is 12.1 Å². The molecule has 2 rings (SSSR count). The van der Waals surface area contributed by atoms with Crippen LogP contribution in [0, 0.1) is 12.3 Å². The molecule has 0 fully saturated rings. The number of nitrogens with two attached hydrogens (primary N) is 1. The lowest BCUT2D eigenvalue weighted by molar-refractivity contribution is 0.320. The summed E-state index contributed by atoms with van der Waals surface area (Å²) in [5, 5.41) is 7.41. The summed E-state index contributed by atoms with van der Waals surface area (Å²) in [7, 11) is 0. The first kappa shape index (κ1) is 12.5. The number of amidine groups is 1. The zero-order valence-corrected chi connectivity index (χ0v) is 10.8. The van der Waals surface area contributed by atoms with Crippen molar-refractivity contribution < 1.29 is 4.74 Å². The third-order valence-electron chi connectivity index (χ3n) is 2.46. The first-order chi connectivity index (χ1) is 8.68. The number of hydrogen-bond acceptors (Lipinski definition) is 5. The number of aromatic nitrogens is 2. The smallest absolute Gasteiger partial charge is 0.148 e. The van der Waals surface area contributed by atoms with Gasteiger partial charge in [0.25, 0.3) is 0 Å². The van der Waals surface area contributed by atoms with Crippen LogP contribution >= 0.6 is 11.3 Å². The molecule has 5 nitrogen and oxygen atoms in total. The van der Waals surface area contributed by atoms with E-state index in [2.05, 4.69) is 9.97 Å². The lowest BCUT2D eigenvalue weighted by Gasteiger charge is -2.08. The van der Waals surface area contributed by atoms with Gasteiger partial charge in [0, 0.05) is 17.5 Å². The lowest BCUT2D eigenvalue weighted by Crippen LogP contribution is -2.15. The Morgan fingerprint density at radius 3 is 3.00 bits per heavy atom. The number of nitrogens with one attached hydrogen (secondary N) is 1. The highest BCUT2D eigenvalue weighted by Gasteiger charge is 2.08. The van der Waals surface area contributed by atoms with Crippen LogP contribution in [0.4, 0.5) is 0 Å². The Hall–Kier alpha value is -1.95. The van der Waals surface area contributed by atoms with Gasteiger partial charge in [-0.3, -0.25) is 5.41 Å². The van der Waals surface area contributed by atoms with Gasteiger partial charge in [0.2, 0.25) is 0 Å². The van der Waals surface area contributed by atoms with Gasteiger partial charge in [0.05, 0.1) is 17.8 Å². The van der Waals surface area contributed by atoms with Crippen LogP contribution in [0.5, 0.6) is 5.75 Å². The minimum Gasteiger partial charge on any atom is -0.491 e. The van der Waals surface area contributed by atoms with Crippen molar-refractivity contribution in [3.8, 4) is 5.75 Å². The summed E-state index contributed by atoms with van der Waals surface area (Å²) in [5.74, 6) is 0.465. The Bertz CT molecular complexity index is 553. The van der Waals surface area contributed by atoms with Gasteiger partial charge in [-0.1, -0.05) is 0 Å². The van der Waals surface area contributed by atoms with E-state index < -0.39 is 0 Å². The molecule has 0 saturated heterocycles. The van der Waals surface area contributed by atoms with Crippen LogP contribution in [0.15, 0.2) is 23.8 Å². The Labute approximate surface area is 109 Å². The first-order valence-electron chi connectivity index (χ1n) is 5.49. The molecule has 0 aliphatic rings. The molecule has 3 N–H and O–H groups in total. The number of nitrogen functional groups attached to an aromatic ring is 1. The van der Waals surface area contributed by atoms with Crippen LogP contribution in [0.3, 0.4) is 0 Å². The fourth-order valence-electron chi connectivity index (χ4n) is 1.53. The summed E-state index contributed by atoms with van der Waals surface area (Å²) in [6.07, 6.45) is 2.39. The summed E-state index contributed by atoms with van der Waals surface area (Å²) >= 11 is 1.62. The third kappa shape index (κ3) is 2.84. The second kappa shape index (κ2) is 5.59. The zero-order valence-electron chi connectivity index (χ0n) is 10.0. The van der Waals surface area contributed by atoms with E-state index in [1.165, 1.54) is 4.88 Å². The van der Waals surface area contributed by atoms with Gasteiger partial charge in [0.15, 0.2) is 0 Å². The average molecular weight is 262 g/mol. The number of pyridine rings is 1. The fraction of sp³-hybridized carbons (Fsp3) is 0.250. The Morgan fingerprint density at radius 1 is 1.50 bits per heavy atom. The van der Waals surface area contributed by atoms with Crippen molar-refractivity contribution in [1.29, 1.82) is 5.41 Å². The van der Waals surface area contributed by atoms with Crippen molar-refractivity contribution in [1.82, 2.24) is 9.97 Å². The molecule has 0 aliphatic carbocycles. The second-order valence-corrected chi connectivity index (χ2v) is 4.66. The highest BCUT2D eigenvalue weighted by Crippen LogP contribution is 2.17. The van der Waals surface area contributed by atoms with E-state index in [0.29, 0.717) is 18.1 Å². The predicted molar refractivity (Wildman–Crippen MR) is 71.3 cm³/mol. The van der Waals surface area contributed by atoms with E-state index in [-0.39, 0.29) is 5.84 Å². The molecular weight excluding hydrogens is 248 g/mol. The van der Waals surface area contributed by atoms with Crippen LogP contribution in [-0.4, -0.2) is 22.4 Å². The maximum Gasteiger partial charge on any atom is 0.148 e. The van der Waals surface area contributed by atoms with Crippen LogP contribution in [-0.2, 0) is 6.42 Å². The van der Waals surface area contributed by atoms with E-state index >= 15 is 0 Å². The molecule has 0 amide bonds. The minimum atomic E-state index is -0.0837. The molecule has 0 unspecified atom stereocenters.